The van der Waals surface area contributed by atoms with Crippen LogP contribution in [0.4, 0.5) is 11.6 Å². The van der Waals surface area contributed by atoms with Gasteiger partial charge >= 0.3 is 0 Å². The first-order valence-electron chi connectivity index (χ1n) is 6.89. The second-order valence-corrected chi connectivity index (χ2v) is 5.60. The standard InChI is InChI=1S/C15H18Cl2N4/c1-2-3-14-20-13(18)9-15(21-14)19-7-6-10-4-5-11(16)8-12(10)17/h4-5,8-9H,2-3,6-7H2,1H3,(H3,18,19,20,21). The number of nitrogens with one attached hydrogen (secondary N) is 1. The summed E-state index contributed by atoms with van der Waals surface area (Å²) in [4.78, 5) is 8.64. The van der Waals surface area contributed by atoms with Crippen LogP contribution < -0.4 is 11.1 Å². The van der Waals surface area contributed by atoms with Gasteiger partial charge in [0.25, 0.3) is 0 Å². The van der Waals surface area contributed by atoms with E-state index in [1.807, 2.05) is 12.1 Å². The second-order valence-electron chi connectivity index (χ2n) is 4.76. The normalized spacial score (nSPS) is 10.6. The lowest BCUT2D eigenvalue weighted by atomic mass is 10.1. The molecule has 4 nitrogen and oxygen atoms in total. The molecule has 2 aromatic rings. The predicted molar refractivity (Wildman–Crippen MR) is 89.1 cm³/mol. The molecule has 0 unspecified atom stereocenters. The summed E-state index contributed by atoms with van der Waals surface area (Å²) in [6, 6.07) is 7.26. The van der Waals surface area contributed by atoms with Crippen molar-refractivity contribution in [3.63, 3.8) is 0 Å². The fraction of sp³-hybridized carbons (Fsp3) is 0.333. The van der Waals surface area contributed by atoms with E-state index in [2.05, 4.69) is 22.2 Å². The zero-order valence-corrected chi connectivity index (χ0v) is 13.4. The van der Waals surface area contributed by atoms with E-state index in [0.29, 0.717) is 22.4 Å². The van der Waals surface area contributed by atoms with Crippen molar-refractivity contribution in [2.75, 3.05) is 17.6 Å². The Hall–Kier alpha value is -1.52. The third kappa shape index (κ3) is 4.76. The summed E-state index contributed by atoms with van der Waals surface area (Å²) in [5, 5.41) is 4.57. The molecule has 0 saturated heterocycles. The third-order valence-corrected chi connectivity index (χ3v) is 3.57. The molecule has 0 aliphatic heterocycles. The van der Waals surface area contributed by atoms with Gasteiger partial charge in [-0.2, -0.15) is 0 Å². The molecule has 1 aromatic carbocycles. The molecule has 2 rings (SSSR count). The maximum Gasteiger partial charge on any atom is 0.133 e. The smallest absolute Gasteiger partial charge is 0.133 e. The molecule has 0 saturated carbocycles. The number of benzene rings is 1. The van der Waals surface area contributed by atoms with E-state index in [-0.39, 0.29) is 0 Å². The zero-order chi connectivity index (χ0) is 15.2. The van der Waals surface area contributed by atoms with Gasteiger partial charge in [-0.3, -0.25) is 0 Å². The van der Waals surface area contributed by atoms with Crippen LogP contribution in [0.1, 0.15) is 24.7 Å². The first-order valence-corrected chi connectivity index (χ1v) is 7.65. The van der Waals surface area contributed by atoms with Crippen molar-refractivity contribution in [2.24, 2.45) is 0 Å². The summed E-state index contributed by atoms with van der Waals surface area (Å²) in [5.41, 5.74) is 6.83. The molecule has 1 heterocycles. The number of anilines is 2. The van der Waals surface area contributed by atoms with Gasteiger partial charge in [0.05, 0.1) is 0 Å². The predicted octanol–water partition coefficient (Wildman–Crippen LogP) is 3.97. The van der Waals surface area contributed by atoms with Gasteiger partial charge in [0.2, 0.25) is 0 Å². The molecular weight excluding hydrogens is 307 g/mol. The molecule has 6 heteroatoms. The Morgan fingerprint density at radius 2 is 1.95 bits per heavy atom. The van der Waals surface area contributed by atoms with E-state index < -0.39 is 0 Å². The van der Waals surface area contributed by atoms with E-state index in [0.717, 1.165) is 36.5 Å². The fourth-order valence-electron chi connectivity index (χ4n) is 1.99. The Morgan fingerprint density at radius 3 is 2.67 bits per heavy atom. The minimum absolute atomic E-state index is 0.487. The largest absolute Gasteiger partial charge is 0.384 e. The van der Waals surface area contributed by atoms with Crippen LogP contribution in [0, 0.1) is 0 Å². The van der Waals surface area contributed by atoms with Gasteiger partial charge in [0.1, 0.15) is 17.5 Å². The van der Waals surface area contributed by atoms with Crippen LogP contribution in [0.25, 0.3) is 0 Å². The van der Waals surface area contributed by atoms with E-state index in [1.54, 1.807) is 12.1 Å². The van der Waals surface area contributed by atoms with Crippen molar-refractivity contribution in [2.45, 2.75) is 26.2 Å². The number of nitrogens with two attached hydrogens (primary N) is 1. The molecule has 0 aliphatic carbocycles. The Kier molecular flexibility index (Phi) is 5.65. The monoisotopic (exact) mass is 324 g/mol. The highest BCUT2D eigenvalue weighted by Gasteiger charge is 2.04. The molecule has 0 bridgehead atoms. The number of nitrogen functional groups attached to an aromatic ring is 1. The van der Waals surface area contributed by atoms with Crippen LogP contribution in [0.3, 0.4) is 0 Å². The number of rotatable bonds is 6. The molecule has 0 spiro atoms. The molecule has 112 valence electrons. The van der Waals surface area contributed by atoms with E-state index in [1.165, 1.54) is 0 Å². The number of halogens is 2. The molecule has 0 atom stereocenters. The van der Waals surface area contributed by atoms with Gasteiger partial charge in [-0.15, -0.1) is 0 Å². The molecular formula is C15H18Cl2N4. The highest BCUT2D eigenvalue weighted by Crippen LogP contribution is 2.21. The van der Waals surface area contributed by atoms with Gasteiger partial charge in [0.15, 0.2) is 0 Å². The average molecular weight is 325 g/mol. The number of nitrogens with zero attached hydrogens (tertiary/aromatic N) is 2. The lowest BCUT2D eigenvalue weighted by Crippen LogP contribution is -2.09. The summed E-state index contributed by atoms with van der Waals surface area (Å²) in [6.07, 6.45) is 2.59. The van der Waals surface area contributed by atoms with Crippen LogP contribution in [-0.4, -0.2) is 16.5 Å². The number of aromatic nitrogens is 2. The third-order valence-electron chi connectivity index (χ3n) is 2.98. The van der Waals surface area contributed by atoms with Crippen LogP contribution in [0.5, 0.6) is 0 Å². The molecule has 0 radical (unpaired) electrons. The average Bonchev–Trinajstić information content (AvgIpc) is 2.41. The summed E-state index contributed by atoms with van der Waals surface area (Å²) < 4.78 is 0. The molecule has 0 amide bonds. The first-order chi connectivity index (χ1) is 10.1. The van der Waals surface area contributed by atoms with E-state index in [4.69, 9.17) is 28.9 Å². The molecule has 0 fully saturated rings. The van der Waals surface area contributed by atoms with Crippen LogP contribution in [-0.2, 0) is 12.8 Å². The van der Waals surface area contributed by atoms with E-state index in [9.17, 15) is 0 Å². The second kappa shape index (κ2) is 7.48. The summed E-state index contributed by atoms with van der Waals surface area (Å²) in [5.74, 6) is 2.00. The molecule has 3 N–H and O–H groups in total. The van der Waals surface area contributed by atoms with Crippen molar-refractivity contribution in [3.8, 4) is 0 Å². The van der Waals surface area contributed by atoms with Crippen molar-refractivity contribution in [1.82, 2.24) is 9.97 Å². The lowest BCUT2D eigenvalue weighted by molar-refractivity contribution is 0.836. The van der Waals surface area contributed by atoms with Crippen LogP contribution in [0.2, 0.25) is 10.0 Å². The van der Waals surface area contributed by atoms with Crippen molar-refractivity contribution < 1.29 is 0 Å². The summed E-state index contributed by atoms with van der Waals surface area (Å²) >= 11 is 12.0. The summed E-state index contributed by atoms with van der Waals surface area (Å²) in [7, 11) is 0. The topological polar surface area (TPSA) is 63.8 Å². The van der Waals surface area contributed by atoms with Crippen molar-refractivity contribution in [3.05, 3.63) is 45.7 Å². The van der Waals surface area contributed by atoms with Crippen molar-refractivity contribution in [1.29, 1.82) is 0 Å². The van der Waals surface area contributed by atoms with Gasteiger partial charge in [-0.05, 0) is 30.5 Å². The number of hydrogen-bond acceptors (Lipinski definition) is 4. The number of hydrogen-bond donors (Lipinski definition) is 2. The van der Waals surface area contributed by atoms with Gasteiger partial charge in [-0.25, -0.2) is 9.97 Å². The maximum absolute atomic E-state index is 6.15. The molecule has 21 heavy (non-hydrogen) atoms. The van der Waals surface area contributed by atoms with E-state index >= 15 is 0 Å². The minimum Gasteiger partial charge on any atom is -0.384 e. The Morgan fingerprint density at radius 1 is 1.14 bits per heavy atom. The maximum atomic E-state index is 6.15. The lowest BCUT2D eigenvalue weighted by Gasteiger charge is -2.09. The zero-order valence-electron chi connectivity index (χ0n) is 11.9. The Bertz CT molecular complexity index is 617. The number of aryl methyl sites for hydroxylation is 1. The fourth-order valence-corrected chi connectivity index (χ4v) is 2.50. The van der Waals surface area contributed by atoms with Gasteiger partial charge in [0, 0.05) is 29.1 Å². The molecule has 1 aromatic heterocycles. The quantitative estimate of drug-likeness (QED) is 0.843. The van der Waals surface area contributed by atoms with Crippen LogP contribution in [0.15, 0.2) is 24.3 Å². The highest BCUT2D eigenvalue weighted by atomic mass is 35.5. The first kappa shape index (κ1) is 15.9. The summed E-state index contributed by atoms with van der Waals surface area (Å²) in [6.45, 7) is 2.80. The SMILES string of the molecule is CCCc1nc(N)cc(NCCc2ccc(Cl)cc2Cl)n1. The highest BCUT2D eigenvalue weighted by molar-refractivity contribution is 6.35. The Labute approximate surface area is 134 Å². The van der Waals surface area contributed by atoms with Crippen molar-refractivity contribution >= 4 is 34.8 Å². The van der Waals surface area contributed by atoms with Gasteiger partial charge in [-0.1, -0.05) is 36.2 Å². The van der Waals surface area contributed by atoms with Gasteiger partial charge < -0.3 is 11.1 Å². The van der Waals surface area contributed by atoms with Crippen LogP contribution >= 0.6 is 23.2 Å². The Balaban J connectivity index is 1.96. The molecule has 0 aliphatic rings. The minimum atomic E-state index is 0.487.